The van der Waals surface area contributed by atoms with Crippen molar-refractivity contribution in [2.24, 2.45) is 0 Å². The Labute approximate surface area is 136 Å². The molecule has 23 heavy (non-hydrogen) atoms. The van der Waals surface area contributed by atoms with Gasteiger partial charge in [-0.3, -0.25) is 14.5 Å². The molecular formula is C15H25N3O5. The zero-order valence-corrected chi connectivity index (χ0v) is 13.8. The summed E-state index contributed by atoms with van der Waals surface area (Å²) in [6, 6.07) is 0. The summed E-state index contributed by atoms with van der Waals surface area (Å²) in [7, 11) is 1.98. The lowest BCUT2D eigenvalue weighted by atomic mass is 9.86. The lowest BCUT2D eigenvalue weighted by Crippen LogP contribution is -2.62. The normalized spacial score (nSPS) is 26.3. The van der Waals surface area contributed by atoms with Gasteiger partial charge in [-0.05, 0) is 26.8 Å². The molecule has 1 N–H and O–H groups in total. The molecule has 2 heterocycles. The van der Waals surface area contributed by atoms with Crippen molar-refractivity contribution in [3.05, 3.63) is 0 Å². The highest BCUT2D eigenvalue weighted by atomic mass is 16.5. The topological polar surface area (TPSA) is 90.4 Å². The van der Waals surface area contributed by atoms with E-state index in [1.807, 2.05) is 7.05 Å². The number of nitrogens with zero attached hydrogens (tertiary/aromatic N) is 3. The molecule has 0 aromatic heterocycles. The number of likely N-dealkylation sites (N-methyl/N-ethyl adjacent to an activating group) is 1. The van der Waals surface area contributed by atoms with Gasteiger partial charge in [0.15, 0.2) is 0 Å². The van der Waals surface area contributed by atoms with E-state index in [1.54, 1.807) is 6.92 Å². The summed E-state index contributed by atoms with van der Waals surface area (Å²) in [4.78, 5) is 40.3. The zero-order chi connectivity index (χ0) is 17.0. The highest BCUT2D eigenvalue weighted by Gasteiger charge is 2.43. The lowest BCUT2D eigenvalue weighted by molar-refractivity contribution is -0.148. The summed E-state index contributed by atoms with van der Waals surface area (Å²) in [6.07, 6.45) is 0.651. The first-order chi connectivity index (χ1) is 10.9. The molecular weight excluding hydrogens is 302 g/mol. The molecule has 8 nitrogen and oxygen atoms in total. The van der Waals surface area contributed by atoms with Crippen molar-refractivity contribution < 1.29 is 24.2 Å². The smallest absolute Gasteiger partial charge is 0.407 e. The average Bonchev–Trinajstić information content (AvgIpc) is 2.65. The molecule has 0 unspecified atom stereocenters. The van der Waals surface area contributed by atoms with Gasteiger partial charge >= 0.3 is 12.1 Å². The van der Waals surface area contributed by atoms with Crippen molar-refractivity contribution in [2.75, 3.05) is 46.4 Å². The number of esters is 1. The van der Waals surface area contributed by atoms with Gasteiger partial charge in [0.25, 0.3) is 0 Å². The fourth-order valence-electron chi connectivity index (χ4n) is 3.39. The van der Waals surface area contributed by atoms with Crippen LogP contribution in [0.15, 0.2) is 0 Å². The number of ether oxygens (including phenoxy) is 1. The Morgan fingerprint density at radius 1 is 1.26 bits per heavy atom. The highest BCUT2D eigenvalue weighted by molar-refractivity contribution is 5.82. The van der Waals surface area contributed by atoms with Gasteiger partial charge < -0.3 is 19.6 Å². The van der Waals surface area contributed by atoms with Gasteiger partial charge in [-0.2, -0.15) is 0 Å². The van der Waals surface area contributed by atoms with Crippen LogP contribution in [0.2, 0.25) is 0 Å². The Morgan fingerprint density at radius 3 is 2.65 bits per heavy atom. The molecule has 2 aliphatic rings. The van der Waals surface area contributed by atoms with E-state index in [-0.39, 0.29) is 18.0 Å². The van der Waals surface area contributed by atoms with Gasteiger partial charge in [0.1, 0.15) is 6.54 Å². The number of carbonyl (C=O) groups is 3. The first-order valence-corrected chi connectivity index (χ1v) is 8.00. The first-order valence-electron chi connectivity index (χ1n) is 8.00. The van der Waals surface area contributed by atoms with Crippen LogP contribution in [0, 0.1) is 0 Å². The Hall–Kier alpha value is -1.83. The molecule has 0 aromatic carbocycles. The molecule has 0 radical (unpaired) electrons. The first kappa shape index (κ1) is 17.5. The van der Waals surface area contributed by atoms with Gasteiger partial charge in [0, 0.05) is 38.1 Å². The van der Waals surface area contributed by atoms with Crippen LogP contribution in [-0.2, 0) is 14.3 Å². The summed E-state index contributed by atoms with van der Waals surface area (Å²) in [5, 5.41) is 9.26. The Morgan fingerprint density at radius 2 is 2.00 bits per heavy atom. The maximum atomic E-state index is 12.3. The second-order valence-corrected chi connectivity index (χ2v) is 6.22. The fourth-order valence-corrected chi connectivity index (χ4v) is 3.39. The van der Waals surface area contributed by atoms with Crippen molar-refractivity contribution >= 4 is 18.0 Å². The number of carboxylic acid groups (broad SMARTS) is 1. The quantitative estimate of drug-likeness (QED) is 0.746. The maximum Gasteiger partial charge on any atom is 0.407 e. The summed E-state index contributed by atoms with van der Waals surface area (Å²) in [6.45, 7) is 3.96. The van der Waals surface area contributed by atoms with E-state index >= 15 is 0 Å². The number of hydrogen-bond acceptors (Lipinski definition) is 5. The standard InChI is InChI=1S/C15H25N3O5/c1-3-23-13(20)10-17-7-6-15(5-4-12(17)19)11-18(14(21)22)9-8-16(15)2/h3-11H2,1-2H3,(H,21,22)/t15-/m1/s1. The molecule has 130 valence electrons. The predicted octanol–water partition coefficient (Wildman–Crippen LogP) is 0.226. The second kappa shape index (κ2) is 7.16. The minimum absolute atomic E-state index is 0.0326. The number of rotatable bonds is 3. The Bertz CT molecular complexity index is 484. The monoisotopic (exact) mass is 327 g/mol. The van der Waals surface area contributed by atoms with Gasteiger partial charge in [-0.1, -0.05) is 0 Å². The van der Waals surface area contributed by atoms with Crippen LogP contribution < -0.4 is 0 Å². The third-order valence-electron chi connectivity index (χ3n) is 4.90. The van der Waals surface area contributed by atoms with E-state index in [0.717, 1.165) is 0 Å². The second-order valence-electron chi connectivity index (χ2n) is 6.22. The summed E-state index contributed by atoms with van der Waals surface area (Å²) >= 11 is 0. The van der Waals surface area contributed by atoms with Crippen LogP contribution in [-0.4, -0.2) is 89.7 Å². The van der Waals surface area contributed by atoms with E-state index in [9.17, 15) is 19.5 Å². The molecule has 2 fully saturated rings. The van der Waals surface area contributed by atoms with E-state index in [2.05, 4.69) is 4.90 Å². The molecule has 0 aromatic rings. The van der Waals surface area contributed by atoms with Crippen LogP contribution in [0.4, 0.5) is 4.79 Å². The van der Waals surface area contributed by atoms with Crippen LogP contribution in [0.5, 0.6) is 0 Å². The minimum atomic E-state index is -0.920. The molecule has 2 aliphatic heterocycles. The number of piperazine rings is 1. The van der Waals surface area contributed by atoms with E-state index in [0.29, 0.717) is 52.0 Å². The summed E-state index contributed by atoms with van der Waals surface area (Å²) in [5.41, 5.74) is -0.338. The molecule has 2 saturated heterocycles. The molecule has 1 spiro atoms. The largest absolute Gasteiger partial charge is 0.465 e. The lowest BCUT2D eigenvalue weighted by Gasteiger charge is -2.48. The summed E-state index contributed by atoms with van der Waals surface area (Å²) in [5.74, 6) is -0.475. The van der Waals surface area contributed by atoms with Gasteiger partial charge in [-0.25, -0.2) is 4.79 Å². The molecule has 8 heteroatoms. The molecule has 0 saturated carbocycles. The molecule has 2 rings (SSSR count). The van der Waals surface area contributed by atoms with E-state index in [4.69, 9.17) is 4.74 Å². The summed E-state index contributed by atoms with van der Waals surface area (Å²) < 4.78 is 4.91. The zero-order valence-electron chi connectivity index (χ0n) is 13.8. The third kappa shape index (κ3) is 3.93. The van der Waals surface area contributed by atoms with Crippen molar-refractivity contribution in [1.82, 2.24) is 14.7 Å². The van der Waals surface area contributed by atoms with E-state index < -0.39 is 12.1 Å². The highest BCUT2D eigenvalue weighted by Crippen LogP contribution is 2.32. The van der Waals surface area contributed by atoms with Crippen LogP contribution >= 0.6 is 0 Å². The van der Waals surface area contributed by atoms with E-state index in [1.165, 1.54) is 9.80 Å². The number of carbonyl (C=O) groups excluding carboxylic acids is 2. The number of hydrogen-bond donors (Lipinski definition) is 1. The van der Waals surface area contributed by atoms with Gasteiger partial charge in [-0.15, -0.1) is 0 Å². The maximum absolute atomic E-state index is 12.3. The van der Waals surface area contributed by atoms with Crippen molar-refractivity contribution in [1.29, 1.82) is 0 Å². The average molecular weight is 327 g/mol. The predicted molar refractivity (Wildman–Crippen MR) is 82.0 cm³/mol. The van der Waals surface area contributed by atoms with Crippen molar-refractivity contribution in [3.8, 4) is 0 Å². The Balaban J connectivity index is 2.07. The molecule has 0 bridgehead atoms. The van der Waals surface area contributed by atoms with Crippen LogP contribution in [0.1, 0.15) is 26.2 Å². The van der Waals surface area contributed by atoms with Gasteiger partial charge in [0.05, 0.1) is 6.61 Å². The molecule has 0 aliphatic carbocycles. The number of amides is 2. The SMILES string of the molecule is CCOC(=O)CN1CC[C@]2(CCC1=O)CN(C(=O)O)CCN2C. The van der Waals surface area contributed by atoms with Crippen molar-refractivity contribution in [3.63, 3.8) is 0 Å². The molecule has 1 atom stereocenters. The third-order valence-corrected chi connectivity index (χ3v) is 4.90. The minimum Gasteiger partial charge on any atom is -0.465 e. The van der Waals surface area contributed by atoms with Crippen molar-refractivity contribution in [2.45, 2.75) is 31.7 Å². The Kier molecular flexibility index (Phi) is 5.46. The van der Waals surface area contributed by atoms with Gasteiger partial charge in [0.2, 0.25) is 5.91 Å². The molecule has 2 amide bonds. The number of likely N-dealkylation sites (tertiary alicyclic amines) is 1. The fraction of sp³-hybridized carbons (Fsp3) is 0.800. The van der Waals surface area contributed by atoms with Crippen LogP contribution in [0.3, 0.4) is 0 Å². The van der Waals surface area contributed by atoms with Crippen LogP contribution in [0.25, 0.3) is 0 Å².